The molecule has 1 aromatic carbocycles. The summed E-state index contributed by atoms with van der Waals surface area (Å²) in [6.45, 7) is 3.76. The molecule has 3 rings (SSSR count). The molecule has 0 bridgehead atoms. The summed E-state index contributed by atoms with van der Waals surface area (Å²) in [5.74, 6) is -0.171. The molecule has 0 saturated carbocycles. The Morgan fingerprint density at radius 1 is 1.40 bits per heavy atom. The highest BCUT2D eigenvalue weighted by molar-refractivity contribution is 9.10. The molecule has 1 fully saturated rings. The average Bonchev–Trinajstić information content (AvgIpc) is 2.64. The highest BCUT2D eigenvalue weighted by Crippen LogP contribution is 2.28. The quantitative estimate of drug-likeness (QED) is 0.867. The topological polar surface area (TPSA) is 56.0 Å². The molecule has 2 aromatic rings. The first-order valence-corrected chi connectivity index (χ1v) is 7.14. The lowest BCUT2D eigenvalue weighted by molar-refractivity contribution is -0.124. The smallest absolute Gasteiger partial charge is 0.329 e. The molecule has 1 unspecified atom stereocenters. The molecule has 1 atom stereocenters. The van der Waals surface area contributed by atoms with Crippen molar-refractivity contribution in [1.82, 2.24) is 14.5 Å². The molecule has 0 spiro atoms. The molecule has 1 aromatic heterocycles. The highest BCUT2D eigenvalue weighted by Gasteiger charge is 2.29. The van der Waals surface area contributed by atoms with Gasteiger partial charge < -0.3 is 5.32 Å². The summed E-state index contributed by atoms with van der Waals surface area (Å²) in [4.78, 5) is 24.6. The third kappa shape index (κ3) is 1.83. The van der Waals surface area contributed by atoms with Crippen LogP contribution >= 0.6 is 15.9 Å². The number of aromatic nitrogens is 2. The van der Waals surface area contributed by atoms with Crippen molar-refractivity contribution in [2.75, 3.05) is 0 Å². The first kappa shape index (κ1) is 13.2. The number of hydrogen-bond donors (Lipinski definition) is 1. The highest BCUT2D eigenvalue weighted by atomic mass is 79.9. The van der Waals surface area contributed by atoms with Crippen molar-refractivity contribution in [2.45, 2.75) is 18.9 Å². The molecule has 1 N–H and O–H groups in total. The number of hydrogen-bond acceptors (Lipinski definition) is 2. The van der Waals surface area contributed by atoms with Crippen molar-refractivity contribution < 1.29 is 4.79 Å². The molecule has 6 heteroatoms. The lowest BCUT2D eigenvalue weighted by atomic mass is 10.0. The van der Waals surface area contributed by atoms with E-state index in [9.17, 15) is 9.59 Å². The second-order valence-electron chi connectivity index (χ2n) is 4.97. The van der Waals surface area contributed by atoms with Crippen LogP contribution in [-0.4, -0.2) is 15.0 Å². The summed E-state index contributed by atoms with van der Waals surface area (Å²) < 4.78 is 3.98. The van der Waals surface area contributed by atoms with Gasteiger partial charge in [-0.15, -0.1) is 0 Å². The van der Waals surface area contributed by atoms with Crippen molar-refractivity contribution in [1.29, 1.82) is 0 Å². The number of nitrogens with one attached hydrogen (secondary N) is 1. The van der Waals surface area contributed by atoms with Gasteiger partial charge in [0, 0.05) is 17.2 Å². The van der Waals surface area contributed by atoms with E-state index in [4.69, 9.17) is 0 Å². The fourth-order valence-corrected chi connectivity index (χ4v) is 3.32. The summed E-state index contributed by atoms with van der Waals surface area (Å²) in [6.07, 6.45) is 1.28. The van der Waals surface area contributed by atoms with Gasteiger partial charge >= 0.3 is 5.69 Å². The van der Waals surface area contributed by atoms with Gasteiger partial charge in [-0.2, -0.15) is 0 Å². The Bertz CT molecular complexity index is 788. The minimum Gasteiger partial charge on any atom is -0.329 e. The number of halogens is 1. The molecule has 1 aliphatic rings. The monoisotopic (exact) mass is 335 g/mol. The van der Waals surface area contributed by atoms with Gasteiger partial charge in [-0.1, -0.05) is 12.6 Å². The maximum atomic E-state index is 12.5. The Morgan fingerprint density at radius 3 is 2.85 bits per heavy atom. The third-order valence-corrected chi connectivity index (χ3v) is 4.33. The molecular formula is C14H14BrN3O2. The van der Waals surface area contributed by atoms with E-state index in [1.165, 1.54) is 0 Å². The fraction of sp³-hybridized carbons (Fsp3) is 0.286. The first-order valence-electron chi connectivity index (χ1n) is 6.35. The van der Waals surface area contributed by atoms with Crippen LogP contribution in [-0.2, 0) is 11.8 Å². The van der Waals surface area contributed by atoms with E-state index in [1.807, 2.05) is 18.2 Å². The number of fused-ring (bicyclic) bond motifs is 1. The van der Waals surface area contributed by atoms with Crippen LogP contribution in [0.1, 0.15) is 18.9 Å². The maximum absolute atomic E-state index is 12.5. The number of para-hydroxylation sites is 1. The van der Waals surface area contributed by atoms with Crippen molar-refractivity contribution in [3.63, 3.8) is 0 Å². The largest absolute Gasteiger partial charge is 0.329 e. The van der Waals surface area contributed by atoms with Gasteiger partial charge in [0.2, 0.25) is 5.91 Å². The van der Waals surface area contributed by atoms with Gasteiger partial charge in [0.05, 0.1) is 11.0 Å². The molecule has 104 valence electrons. The van der Waals surface area contributed by atoms with Crippen molar-refractivity contribution in [2.24, 2.45) is 7.05 Å². The number of carbonyl (C=O) groups is 1. The molecule has 1 saturated heterocycles. The normalized spacial score (nSPS) is 19.4. The average molecular weight is 336 g/mol. The minimum absolute atomic E-state index is 0.171. The number of piperidine rings is 1. The van der Waals surface area contributed by atoms with Crippen molar-refractivity contribution >= 4 is 32.9 Å². The van der Waals surface area contributed by atoms with Crippen LogP contribution in [0.3, 0.4) is 0 Å². The Hall–Kier alpha value is -1.82. The second-order valence-corrected chi connectivity index (χ2v) is 5.82. The molecule has 1 amide bonds. The van der Waals surface area contributed by atoms with Crippen LogP contribution in [0.4, 0.5) is 0 Å². The number of benzene rings is 1. The number of carbonyl (C=O) groups excluding carboxylic acids is 1. The molecule has 2 heterocycles. The summed E-state index contributed by atoms with van der Waals surface area (Å²) in [6, 6.07) is 5.13. The first-order chi connectivity index (χ1) is 9.50. The van der Waals surface area contributed by atoms with E-state index in [2.05, 4.69) is 27.8 Å². The zero-order valence-electron chi connectivity index (χ0n) is 11.0. The second kappa shape index (κ2) is 4.63. The molecule has 0 aliphatic carbocycles. The Kier molecular flexibility index (Phi) is 3.05. The van der Waals surface area contributed by atoms with Gasteiger partial charge in [-0.3, -0.25) is 13.9 Å². The number of nitrogens with zero attached hydrogens (tertiary/aromatic N) is 2. The Balaban J connectivity index is 2.25. The predicted octanol–water partition coefficient (Wildman–Crippen LogP) is 2.07. The number of amides is 1. The molecule has 1 aliphatic heterocycles. The van der Waals surface area contributed by atoms with Crippen LogP contribution in [0.2, 0.25) is 0 Å². The number of allylic oxidation sites excluding steroid dienone is 1. The molecule has 5 nitrogen and oxygen atoms in total. The van der Waals surface area contributed by atoms with Gasteiger partial charge in [-0.25, -0.2) is 4.79 Å². The molecule has 0 radical (unpaired) electrons. The van der Waals surface area contributed by atoms with E-state index in [0.29, 0.717) is 18.5 Å². The Labute approximate surface area is 124 Å². The van der Waals surface area contributed by atoms with Crippen molar-refractivity contribution in [3.05, 3.63) is 45.4 Å². The van der Waals surface area contributed by atoms with E-state index >= 15 is 0 Å². The lowest BCUT2D eigenvalue weighted by Crippen LogP contribution is -2.40. The zero-order valence-corrected chi connectivity index (χ0v) is 12.6. The third-order valence-electron chi connectivity index (χ3n) is 3.69. The fourth-order valence-electron chi connectivity index (χ4n) is 2.70. The van der Waals surface area contributed by atoms with Crippen LogP contribution in [0.25, 0.3) is 11.0 Å². The number of imidazole rings is 1. The summed E-state index contributed by atoms with van der Waals surface area (Å²) in [5.41, 5.74) is 2.09. The standard InChI is InChI=1S/C14H14BrN3O2/c1-8-6-7-11(13(19)16-8)18-10-5-3-4-9(15)12(10)17(2)14(18)20/h3-5,11H,1,6-7H2,2H3,(H,16,19). The predicted molar refractivity (Wildman–Crippen MR) is 80.4 cm³/mol. The van der Waals surface area contributed by atoms with Crippen LogP contribution in [0, 0.1) is 0 Å². The van der Waals surface area contributed by atoms with Crippen molar-refractivity contribution in [3.8, 4) is 0 Å². The Morgan fingerprint density at radius 2 is 2.15 bits per heavy atom. The maximum Gasteiger partial charge on any atom is 0.329 e. The minimum atomic E-state index is -0.481. The lowest BCUT2D eigenvalue weighted by Gasteiger charge is -2.24. The molecular weight excluding hydrogens is 322 g/mol. The summed E-state index contributed by atoms with van der Waals surface area (Å²) in [5, 5.41) is 2.73. The van der Waals surface area contributed by atoms with Crippen LogP contribution in [0.15, 0.2) is 39.7 Å². The van der Waals surface area contributed by atoms with Crippen LogP contribution in [0.5, 0.6) is 0 Å². The van der Waals surface area contributed by atoms with Crippen LogP contribution < -0.4 is 11.0 Å². The summed E-state index contributed by atoms with van der Waals surface area (Å²) in [7, 11) is 1.71. The number of aryl methyl sites for hydroxylation is 1. The SMILES string of the molecule is C=C1CCC(n2c(=O)n(C)c3c(Br)cccc32)C(=O)N1. The van der Waals surface area contributed by atoms with E-state index in [1.54, 1.807) is 16.2 Å². The van der Waals surface area contributed by atoms with Gasteiger partial charge in [0.15, 0.2) is 0 Å². The summed E-state index contributed by atoms with van der Waals surface area (Å²) >= 11 is 3.46. The van der Waals surface area contributed by atoms with E-state index in [-0.39, 0.29) is 11.6 Å². The van der Waals surface area contributed by atoms with E-state index < -0.39 is 6.04 Å². The number of rotatable bonds is 1. The van der Waals surface area contributed by atoms with E-state index in [0.717, 1.165) is 15.5 Å². The van der Waals surface area contributed by atoms with Gasteiger partial charge in [0.1, 0.15) is 6.04 Å². The van der Waals surface area contributed by atoms with Gasteiger partial charge in [0.25, 0.3) is 0 Å². The zero-order chi connectivity index (χ0) is 14.4. The van der Waals surface area contributed by atoms with Gasteiger partial charge in [-0.05, 0) is 40.9 Å². The molecule has 20 heavy (non-hydrogen) atoms.